The Balaban J connectivity index is 1.71. The molecule has 3 amide bonds. The van der Waals surface area contributed by atoms with E-state index in [0.717, 1.165) is 42.3 Å². The van der Waals surface area contributed by atoms with Gasteiger partial charge in [0.25, 0.3) is 5.91 Å². The Bertz CT molecular complexity index is 808. The number of nitrogens with zero attached hydrogens (tertiary/aromatic N) is 2. The summed E-state index contributed by atoms with van der Waals surface area (Å²) < 4.78 is 0. The van der Waals surface area contributed by atoms with Gasteiger partial charge < -0.3 is 5.32 Å². The smallest absolute Gasteiger partial charge is 0.319 e. The lowest BCUT2D eigenvalue weighted by Gasteiger charge is -2.25. The van der Waals surface area contributed by atoms with Crippen LogP contribution in [0, 0.1) is 0 Å². The number of hydrogen-bond donors (Lipinski definition) is 1. The Morgan fingerprint density at radius 2 is 1.75 bits per heavy atom. The minimum Gasteiger partial charge on any atom is -0.319 e. The van der Waals surface area contributed by atoms with Crippen molar-refractivity contribution in [1.82, 2.24) is 15.1 Å². The van der Waals surface area contributed by atoms with Crippen LogP contribution < -0.4 is 5.32 Å². The van der Waals surface area contributed by atoms with E-state index < -0.39 is 5.54 Å². The van der Waals surface area contributed by atoms with Gasteiger partial charge >= 0.3 is 6.03 Å². The Kier molecular flexibility index (Phi) is 3.53. The van der Waals surface area contributed by atoms with Crippen LogP contribution in [0.3, 0.4) is 0 Å². The van der Waals surface area contributed by atoms with E-state index in [1.54, 1.807) is 6.92 Å². The van der Waals surface area contributed by atoms with Crippen LogP contribution >= 0.6 is 0 Å². The molecule has 0 spiro atoms. The second-order valence-electron chi connectivity index (χ2n) is 6.78. The highest BCUT2D eigenvalue weighted by Gasteiger charge is 2.49. The fraction of sp³-hybridized carbons (Fsp3) is 0.368. The van der Waals surface area contributed by atoms with Gasteiger partial charge in [0.05, 0.1) is 6.67 Å². The normalized spacial score (nSPS) is 24.8. The molecule has 0 saturated carbocycles. The third-order valence-corrected chi connectivity index (χ3v) is 5.14. The molecule has 0 bridgehead atoms. The first-order valence-electron chi connectivity index (χ1n) is 8.44. The number of hydrogen-bond acceptors (Lipinski definition) is 3. The highest BCUT2D eigenvalue weighted by molar-refractivity contribution is 6.09. The average molecular weight is 323 g/mol. The van der Waals surface area contributed by atoms with Gasteiger partial charge in [-0.2, -0.15) is 0 Å². The van der Waals surface area contributed by atoms with Crippen molar-refractivity contribution in [3.8, 4) is 0 Å². The van der Waals surface area contributed by atoms with E-state index in [1.807, 2.05) is 42.5 Å². The predicted octanol–water partition coefficient (Wildman–Crippen LogP) is 2.66. The number of imide groups is 1. The van der Waals surface area contributed by atoms with Gasteiger partial charge in [0.15, 0.2) is 0 Å². The molecule has 0 radical (unpaired) electrons. The molecule has 2 aliphatic heterocycles. The minimum absolute atomic E-state index is 0.171. The standard InChI is InChI=1S/C19H21N3O2/c1-19(16-10-6-8-14-7-2-3-9-15(14)16)17(23)22(18(24)20-19)13-21-11-4-5-12-21/h2-3,6-10H,4-5,11-13H2,1H3,(H,20,24)/t19-/m0/s1. The van der Waals surface area contributed by atoms with E-state index in [4.69, 9.17) is 0 Å². The second kappa shape index (κ2) is 5.60. The number of fused-ring (bicyclic) bond motifs is 1. The number of carbonyl (C=O) groups excluding carboxylic acids is 2. The molecular weight excluding hydrogens is 302 g/mol. The number of rotatable bonds is 3. The summed E-state index contributed by atoms with van der Waals surface area (Å²) in [4.78, 5) is 29.1. The largest absolute Gasteiger partial charge is 0.326 e. The van der Waals surface area contributed by atoms with E-state index in [0.29, 0.717) is 6.67 Å². The van der Waals surface area contributed by atoms with E-state index in [-0.39, 0.29) is 11.9 Å². The van der Waals surface area contributed by atoms with Gasteiger partial charge in [-0.15, -0.1) is 0 Å². The summed E-state index contributed by atoms with van der Waals surface area (Å²) in [5, 5.41) is 4.99. The van der Waals surface area contributed by atoms with Crippen LogP contribution in [0.1, 0.15) is 25.3 Å². The highest BCUT2D eigenvalue weighted by Crippen LogP contribution is 2.34. The topological polar surface area (TPSA) is 52.7 Å². The lowest BCUT2D eigenvalue weighted by atomic mass is 9.88. The molecule has 2 fully saturated rings. The van der Waals surface area contributed by atoms with Crippen LogP contribution in [0.5, 0.6) is 0 Å². The zero-order valence-electron chi connectivity index (χ0n) is 13.8. The van der Waals surface area contributed by atoms with Crippen LogP contribution in [-0.4, -0.2) is 41.5 Å². The van der Waals surface area contributed by atoms with Crippen molar-refractivity contribution < 1.29 is 9.59 Å². The quantitative estimate of drug-likeness (QED) is 0.884. The van der Waals surface area contributed by atoms with Crippen LogP contribution in [0.4, 0.5) is 4.79 Å². The van der Waals surface area contributed by atoms with Crippen molar-refractivity contribution in [3.63, 3.8) is 0 Å². The number of benzene rings is 2. The number of likely N-dealkylation sites (tertiary alicyclic amines) is 1. The molecule has 1 atom stereocenters. The van der Waals surface area contributed by atoms with Crippen LogP contribution in [-0.2, 0) is 10.3 Å². The van der Waals surface area contributed by atoms with Crippen LogP contribution in [0.25, 0.3) is 10.8 Å². The fourth-order valence-electron chi connectivity index (χ4n) is 3.79. The molecule has 5 heteroatoms. The molecule has 0 aromatic heterocycles. The van der Waals surface area contributed by atoms with Crippen molar-refractivity contribution in [3.05, 3.63) is 48.0 Å². The Morgan fingerprint density at radius 1 is 1.04 bits per heavy atom. The molecule has 24 heavy (non-hydrogen) atoms. The first-order chi connectivity index (χ1) is 11.6. The monoisotopic (exact) mass is 323 g/mol. The maximum Gasteiger partial charge on any atom is 0.326 e. The summed E-state index contributed by atoms with van der Waals surface area (Å²) >= 11 is 0. The van der Waals surface area contributed by atoms with Crippen molar-refractivity contribution in [1.29, 1.82) is 0 Å². The molecule has 2 saturated heterocycles. The first-order valence-corrected chi connectivity index (χ1v) is 8.44. The summed E-state index contributed by atoms with van der Waals surface area (Å²) in [6.45, 7) is 4.08. The zero-order chi connectivity index (χ0) is 16.7. The fourth-order valence-corrected chi connectivity index (χ4v) is 3.79. The Labute approximate surface area is 141 Å². The molecule has 5 nitrogen and oxygen atoms in total. The van der Waals surface area contributed by atoms with Gasteiger partial charge in [-0.3, -0.25) is 9.69 Å². The van der Waals surface area contributed by atoms with Crippen LogP contribution in [0.15, 0.2) is 42.5 Å². The lowest BCUT2D eigenvalue weighted by molar-refractivity contribution is -0.132. The Hall–Kier alpha value is -2.40. The number of carbonyl (C=O) groups is 2. The predicted molar refractivity (Wildman–Crippen MR) is 92.4 cm³/mol. The van der Waals surface area contributed by atoms with Gasteiger partial charge in [-0.05, 0) is 49.2 Å². The van der Waals surface area contributed by atoms with E-state index in [2.05, 4.69) is 10.2 Å². The molecule has 1 N–H and O–H groups in total. The molecule has 0 aliphatic carbocycles. The maximum atomic E-state index is 13.1. The summed E-state index contributed by atoms with van der Waals surface area (Å²) in [7, 11) is 0. The summed E-state index contributed by atoms with van der Waals surface area (Å²) in [6.07, 6.45) is 2.26. The zero-order valence-corrected chi connectivity index (χ0v) is 13.8. The first kappa shape index (κ1) is 15.1. The summed E-state index contributed by atoms with van der Waals surface area (Å²) in [6, 6.07) is 13.5. The summed E-state index contributed by atoms with van der Waals surface area (Å²) in [5.74, 6) is -0.171. The average Bonchev–Trinajstić information content (AvgIpc) is 3.18. The second-order valence-corrected chi connectivity index (χ2v) is 6.78. The van der Waals surface area contributed by atoms with Gasteiger partial charge in [0.2, 0.25) is 0 Å². The number of nitrogens with one attached hydrogen (secondary N) is 1. The van der Waals surface area contributed by atoms with Gasteiger partial charge in [0.1, 0.15) is 5.54 Å². The van der Waals surface area contributed by atoms with Gasteiger partial charge in [0, 0.05) is 0 Å². The maximum absolute atomic E-state index is 13.1. The molecule has 124 valence electrons. The molecule has 2 aromatic carbocycles. The van der Waals surface area contributed by atoms with E-state index >= 15 is 0 Å². The number of amides is 3. The molecule has 0 unspecified atom stereocenters. The summed E-state index contributed by atoms with van der Waals surface area (Å²) in [5.41, 5.74) is -0.166. The lowest BCUT2D eigenvalue weighted by Crippen LogP contribution is -2.43. The molecular formula is C19H21N3O2. The molecule has 2 aromatic rings. The van der Waals surface area contributed by atoms with Crippen molar-refractivity contribution in [2.75, 3.05) is 19.8 Å². The molecule has 2 aliphatic rings. The third-order valence-electron chi connectivity index (χ3n) is 5.14. The van der Waals surface area contributed by atoms with E-state index in [9.17, 15) is 9.59 Å². The molecule has 2 heterocycles. The van der Waals surface area contributed by atoms with Gasteiger partial charge in [-0.1, -0.05) is 42.5 Å². The van der Waals surface area contributed by atoms with Gasteiger partial charge in [-0.25, -0.2) is 9.69 Å². The minimum atomic E-state index is -1.02. The van der Waals surface area contributed by atoms with Crippen molar-refractivity contribution in [2.24, 2.45) is 0 Å². The van der Waals surface area contributed by atoms with Crippen molar-refractivity contribution >= 4 is 22.7 Å². The highest BCUT2D eigenvalue weighted by atomic mass is 16.2. The molecule has 4 rings (SSSR count). The third kappa shape index (κ3) is 2.27. The van der Waals surface area contributed by atoms with Crippen molar-refractivity contribution in [2.45, 2.75) is 25.3 Å². The Morgan fingerprint density at radius 3 is 2.54 bits per heavy atom. The van der Waals surface area contributed by atoms with Crippen LogP contribution in [0.2, 0.25) is 0 Å². The SMILES string of the molecule is C[C@@]1(c2cccc3ccccc23)NC(=O)N(CN2CCCC2)C1=O. The van der Waals surface area contributed by atoms with E-state index in [1.165, 1.54) is 4.90 Å². The number of urea groups is 1.